The molecule has 0 bridgehead atoms. The molecule has 5 rings (SSSR count). The van der Waals surface area contributed by atoms with Gasteiger partial charge in [0.25, 0.3) is 0 Å². The standard InChI is InChI=1S/C26H24N6O4S3/c1-35-14-8-9-19(36-2)16(11-14)29-21(34)13-38-26-31-30-25(39-26)32-17-5-3-6-18(33)23(17)22(15(12-27)24(32)28)20-7-4-10-37-20/h4,7-11,22H,3,5-6,13,28H2,1-2H3,(H,29,34). The summed E-state index contributed by atoms with van der Waals surface area (Å²) in [5.41, 5.74) is 8.75. The maximum absolute atomic E-state index is 13.1. The molecule has 13 heteroatoms. The van der Waals surface area contributed by atoms with Crippen LogP contribution in [-0.2, 0) is 9.59 Å². The third kappa shape index (κ3) is 5.23. The van der Waals surface area contributed by atoms with Crippen LogP contribution in [-0.4, -0.2) is 41.9 Å². The van der Waals surface area contributed by atoms with Crippen LogP contribution in [0, 0.1) is 11.3 Å². The number of Topliss-reactive ketones (excluding diaryl/α,β-unsaturated/α-hetero) is 1. The lowest BCUT2D eigenvalue weighted by molar-refractivity contribution is -0.116. The van der Waals surface area contributed by atoms with Crippen molar-refractivity contribution in [2.45, 2.75) is 29.5 Å². The fourth-order valence-corrected chi connectivity index (χ4v) is 7.15. The number of carbonyl (C=O) groups excluding carboxylic acids is 2. The molecule has 200 valence electrons. The number of hydrogen-bond acceptors (Lipinski definition) is 12. The molecule has 0 radical (unpaired) electrons. The Kier molecular flexibility index (Phi) is 7.87. The molecule has 0 fully saturated rings. The van der Waals surface area contributed by atoms with Gasteiger partial charge in [0.2, 0.25) is 11.0 Å². The van der Waals surface area contributed by atoms with Crippen molar-refractivity contribution in [3.8, 4) is 17.6 Å². The van der Waals surface area contributed by atoms with Gasteiger partial charge in [-0.05, 0) is 36.4 Å². The lowest BCUT2D eigenvalue weighted by atomic mass is 9.78. The number of nitriles is 1. The van der Waals surface area contributed by atoms with Crippen LogP contribution in [0.2, 0.25) is 0 Å². The molecule has 10 nitrogen and oxygen atoms in total. The molecule has 3 aromatic rings. The van der Waals surface area contributed by atoms with Crippen molar-refractivity contribution in [2.75, 3.05) is 30.2 Å². The highest BCUT2D eigenvalue weighted by atomic mass is 32.2. The Morgan fingerprint density at radius 3 is 2.85 bits per heavy atom. The first-order valence-corrected chi connectivity index (χ1v) is 14.6. The average Bonchev–Trinajstić information content (AvgIpc) is 3.64. The summed E-state index contributed by atoms with van der Waals surface area (Å²) in [6.45, 7) is 0. The van der Waals surface area contributed by atoms with Crippen molar-refractivity contribution in [3.63, 3.8) is 0 Å². The predicted octanol–water partition coefficient (Wildman–Crippen LogP) is 4.65. The van der Waals surface area contributed by atoms with E-state index in [0.29, 0.717) is 57.1 Å². The van der Waals surface area contributed by atoms with Gasteiger partial charge in [0.05, 0.1) is 43.2 Å². The van der Waals surface area contributed by atoms with Gasteiger partial charge in [0, 0.05) is 28.6 Å². The number of nitrogens with one attached hydrogen (secondary N) is 1. The van der Waals surface area contributed by atoms with E-state index in [2.05, 4.69) is 21.6 Å². The second-order valence-corrected chi connectivity index (χ2v) is 11.7. The Morgan fingerprint density at radius 2 is 2.13 bits per heavy atom. The molecule has 3 N–H and O–H groups in total. The fourth-order valence-electron chi connectivity index (χ4n) is 4.62. The van der Waals surface area contributed by atoms with Gasteiger partial charge >= 0.3 is 0 Å². The highest BCUT2D eigenvalue weighted by Crippen LogP contribution is 2.48. The molecule has 1 aliphatic heterocycles. The number of benzene rings is 1. The number of allylic oxidation sites excluding steroid dienone is 3. The minimum atomic E-state index is -0.479. The maximum atomic E-state index is 13.1. The van der Waals surface area contributed by atoms with E-state index in [1.54, 1.807) is 30.2 Å². The van der Waals surface area contributed by atoms with Crippen LogP contribution < -0.4 is 25.4 Å². The topological polar surface area (TPSA) is 143 Å². The molecular weight excluding hydrogens is 557 g/mol. The Labute approximate surface area is 237 Å². The summed E-state index contributed by atoms with van der Waals surface area (Å²) < 4.78 is 11.1. The first kappa shape index (κ1) is 26.7. The lowest BCUT2D eigenvalue weighted by Crippen LogP contribution is -2.38. The van der Waals surface area contributed by atoms with Crippen molar-refractivity contribution in [3.05, 3.63) is 63.3 Å². The zero-order valence-electron chi connectivity index (χ0n) is 21.1. The van der Waals surface area contributed by atoms with Gasteiger partial charge in [-0.25, -0.2) is 0 Å². The number of hydrogen-bond donors (Lipinski definition) is 2. The van der Waals surface area contributed by atoms with Gasteiger partial charge in [-0.2, -0.15) is 5.26 Å². The van der Waals surface area contributed by atoms with E-state index in [9.17, 15) is 14.9 Å². The van der Waals surface area contributed by atoms with E-state index in [4.69, 9.17) is 15.2 Å². The monoisotopic (exact) mass is 580 g/mol. The third-order valence-electron chi connectivity index (χ3n) is 6.34. The molecular formula is C26H24N6O4S3. The van der Waals surface area contributed by atoms with E-state index in [-0.39, 0.29) is 23.3 Å². The number of ketones is 1. The number of aromatic nitrogens is 2. The number of methoxy groups -OCH3 is 2. The van der Waals surface area contributed by atoms with Crippen molar-refractivity contribution < 1.29 is 19.1 Å². The molecule has 3 heterocycles. The second kappa shape index (κ2) is 11.5. The normalized spacial score (nSPS) is 17.1. The Morgan fingerprint density at radius 1 is 1.28 bits per heavy atom. The summed E-state index contributed by atoms with van der Waals surface area (Å²) in [5.74, 6) is 0.717. The van der Waals surface area contributed by atoms with Crippen LogP contribution in [0.1, 0.15) is 30.1 Å². The van der Waals surface area contributed by atoms with Crippen LogP contribution >= 0.6 is 34.4 Å². The molecule has 2 aliphatic rings. The zero-order valence-corrected chi connectivity index (χ0v) is 23.5. The maximum Gasteiger partial charge on any atom is 0.234 e. The van der Waals surface area contributed by atoms with Gasteiger partial charge in [0.15, 0.2) is 10.1 Å². The Balaban J connectivity index is 1.37. The van der Waals surface area contributed by atoms with E-state index < -0.39 is 5.92 Å². The van der Waals surface area contributed by atoms with Gasteiger partial charge in [-0.1, -0.05) is 29.2 Å². The van der Waals surface area contributed by atoms with Crippen molar-refractivity contribution in [1.82, 2.24) is 10.2 Å². The summed E-state index contributed by atoms with van der Waals surface area (Å²) >= 11 is 3.97. The van der Waals surface area contributed by atoms with Gasteiger partial charge < -0.3 is 20.5 Å². The quantitative estimate of drug-likeness (QED) is 0.361. The van der Waals surface area contributed by atoms with E-state index in [1.807, 2.05) is 17.5 Å². The Hall–Kier alpha value is -3.86. The second-order valence-electron chi connectivity index (χ2n) is 8.59. The summed E-state index contributed by atoms with van der Waals surface area (Å²) in [4.78, 5) is 28.4. The summed E-state index contributed by atoms with van der Waals surface area (Å²) in [6, 6.07) is 11.2. The molecule has 39 heavy (non-hydrogen) atoms. The van der Waals surface area contributed by atoms with Gasteiger partial charge in [0.1, 0.15) is 17.3 Å². The van der Waals surface area contributed by atoms with Crippen LogP contribution in [0.3, 0.4) is 0 Å². The summed E-state index contributed by atoms with van der Waals surface area (Å²) in [6.07, 6.45) is 1.75. The first-order chi connectivity index (χ1) is 18.9. The largest absolute Gasteiger partial charge is 0.497 e. The molecule has 1 aromatic carbocycles. The molecule has 1 unspecified atom stereocenters. The number of thiophene rings is 1. The number of ether oxygens (including phenoxy) is 2. The van der Waals surface area contributed by atoms with E-state index in [0.717, 1.165) is 10.6 Å². The smallest absolute Gasteiger partial charge is 0.234 e. The number of nitrogens with two attached hydrogens (primary N) is 1. The number of anilines is 2. The Bertz CT molecular complexity index is 1520. The molecule has 1 aliphatic carbocycles. The predicted molar refractivity (Wildman–Crippen MR) is 151 cm³/mol. The summed E-state index contributed by atoms with van der Waals surface area (Å²) in [5, 5.41) is 23.8. The highest BCUT2D eigenvalue weighted by Gasteiger charge is 2.41. The van der Waals surface area contributed by atoms with E-state index in [1.165, 1.54) is 41.5 Å². The number of nitrogens with zero attached hydrogens (tertiary/aromatic N) is 4. The first-order valence-electron chi connectivity index (χ1n) is 11.9. The fraction of sp³-hybridized carbons (Fsp3) is 0.269. The molecule has 1 amide bonds. The highest BCUT2D eigenvalue weighted by molar-refractivity contribution is 8.01. The molecule has 1 atom stereocenters. The molecule has 0 saturated carbocycles. The summed E-state index contributed by atoms with van der Waals surface area (Å²) in [7, 11) is 3.07. The van der Waals surface area contributed by atoms with E-state index >= 15 is 0 Å². The number of rotatable bonds is 8. The third-order valence-corrected chi connectivity index (χ3v) is 9.31. The lowest BCUT2D eigenvalue weighted by Gasteiger charge is -2.37. The molecule has 0 spiro atoms. The average molecular weight is 581 g/mol. The van der Waals surface area contributed by atoms with Crippen molar-refractivity contribution in [2.24, 2.45) is 5.73 Å². The van der Waals surface area contributed by atoms with Crippen LogP contribution in [0.25, 0.3) is 0 Å². The number of amides is 1. The van der Waals surface area contributed by atoms with Crippen LogP contribution in [0.5, 0.6) is 11.5 Å². The van der Waals surface area contributed by atoms with Crippen molar-refractivity contribution in [1.29, 1.82) is 5.26 Å². The SMILES string of the molecule is COc1ccc(OC)c(NC(=O)CSc2nnc(N3C(N)=C(C#N)C(c4cccs4)C4=C3CCCC4=O)s2)c1. The van der Waals surface area contributed by atoms with Gasteiger partial charge in [-0.15, -0.1) is 21.5 Å². The van der Waals surface area contributed by atoms with Crippen LogP contribution in [0.15, 0.2) is 62.7 Å². The number of carbonyl (C=O) groups is 2. The number of thioether (sulfide) groups is 1. The zero-order chi connectivity index (χ0) is 27.5. The minimum Gasteiger partial charge on any atom is -0.497 e. The van der Waals surface area contributed by atoms with Crippen molar-refractivity contribution >= 4 is 56.9 Å². The molecule has 2 aromatic heterocycles. The molecule has 0 saturated heterocycles. The minimum absolute atomic E-state index is 0.0173. The van der Waals surface area contributed by atoms with Crippen LogP contribution in [0.4, 0.5) is 10.8 Å². The van der Waals surface area contributed by atoms with Gasteiger partial charge in [-0.3, -0.25) is 14.5 Å².